The van der Waals surface area contributed by atoms with Crippen LogP contribution >= 0.6 is 31.9 Å². The fraction of sp³-hybridized carbons (Fsp3) is 0. The maximum absolute atomic E-state index is 13.5. The minimum Gasteiger partial charge on any atom is -0.380 e. The molecule has 0 aliphatic heterocycles. The van der Waals surface area contributed by atoms with Gasteiger partial charge in [0.2, 0.25) is 0 Å². The fourth-order valence-corrected chi connectivity index (χ4v) is 2.87. The number of hydrogen-bond donors (Lipinski definition) is 1. The summed E-state index contributed by atoms with van der Waals surface area (Å²) >= 11 is 6.89. The molecule has 3 aromatic rings. The van der Waals surface area contributed by atoms with Gasteiger partial charge in [0.15, 0.2) is 11.6 Å². The normalized spacial score (nSPS) is 10.8. The zero-order chi connectivity index (χ0) is 15.0. The molecule has 106 valence electrons. The second-order valence-electron chi connectivity index (χ2n) is 4.41. The van der Waals surface area contributed by atoms with Crippen LogP contribution in [0.5, 0.6) is 0 Å². The number of benzene rings is 2. The number of halogens is 3. The predicted molar refractivity (Wildman–Crippen MR) is 87.1 cm³/mol. The Morgan fingerprint density at radius 2 is 1.90 bits per heavy atom. The van der Waals surface area contributed by atoms with Crippen LogP contribution in [-0.2, 0) is 0 Å². The van der Waals surface area contributed by atoms with Crippen LogP contribution < -0.4 is 5.73 Å². The summed E-state index contributed by atoms with van der Waals surface area (Å²) < 4.78 is 20.5. The van der Waals surface area contributed by atoms with Gasteiger partial charge in [-0.05, 0) is 35.9 Å². The molecule has 2 N–H and O–H groups in total. The predicted octanol–water partition coefficient (Wildman–Crippen LogP) is 5.25. The third-order valence-electron chi connectivity index (χ3n) is 3.00. The molecule has 2 aromatic carbocycles. The van der Waals surface area contributed by atoms with Crippen molar-refractivity contribution in [1.82, 2.24) is 5.16 Å². The summed E-state index contributed by atoms with van der Waals surface area (Å²) in [4.78, 5) is 0. The molecule has 21 heavy (non-hydrogen) atoms. The van der Waals surface area contributed by atoms with Crippen LogP contribution in [0.3, 0.4) is 0 Å². The zero-order valence-electron chi connectivity index (χ0n) is 10.6. The highest BCUT2D eigenvalue weighted by Crippen LogP contribution is 2.40. The van der Waals surface area contributed by atoms with Crippen LogP contribution in [0.25, 0.3) is 22.5 Å². The first-order chi connectivity index (χ1) is 10.1. The molecule has 0 unspecified atom stereocenters. The SMILES string of the molecule is Nc1noc(-c2cc(Br)ccc2Br)c1-c1cccc(F)c1. The molecule has 0 saturated carbocycles. The lowest BCUT2D eigenvalue weighted by Gasteiger charge is -2.05. The van der Waals surface area contributed by atoms with Crippen molar-refractivity contribution in [2.24, 2.45) is 0 Å². The van der Waals surface area contributed by atoms with Gasteiger partial charge in [-0.15, -0.1) is 0 Å². The van der Waals surface area contributed by atoms with Gasteiger partial charge < -0.3 is 10.3 Å². The van der Waals surface area contributed by atoms with E-state index in [1.165, 1.54) is 12.1 Å². The van der Waals surface area contributed by atoms with E-state index in [1.54, 1.807) is 12.1 Å². The van der Waals surface area contributed by atoms with E-state index in [4.69, 9.17) is 10.3 Å². The Kier molecular flexibility index (Phi) is 3.82. The molecular weight excluding hydrogens is 403 g/mol. The van der Waals surface area contributed by atoms with Crippen molar-refractivity contribution in [1.29, 1.82) is 0 Å². The lowest BCUT2D eigenvalue weighted by atomic mass is 10.0. The molecule has 0 aliphatic rings. The summed E-state index contributed by atoms with van der Waals surface area (Å²) in [6.45, 7) is 0. The molecule has 0 bridgehead atoms. The van der Waals surface area contributed by atoms with E-state index in [0.717, 1.165) is 14.5 Å². The second kappa shape index (κ2) is 5.61. The van der Waals surface area contributed by atoms with E-state index in [1.807, 2.05) is 18.2 Å². The van der Waals surface area contributed by atoms with E-state index in [-0.39, 0.29) is 11.6 Å². The number of nitrogens with zero attached hydrogens (tertiary/aromatic N) is 1. The number of aromatic nitrogens is 1. The zero-order valence-corrected chi connectivity index (χ0v) is 13.8. The molecule has 6 heteroatoms. The molecule has 0 amide bonds. The van der Waals surface area contributed by atoms with Crippen molar-refractivity contribution >= 4 is 37.7 Å². The van der Waals surface area contributed by atoms with E-state index in [2.05, 4.69) is 37.0 Å². The van der Waals surface area contributed by atoms with Crippen LogP contribution in [-0.4, -0.2) is 5.16 Å². The monoisotopic (exact) mass is 410 g/mol. The molecule has 3 rings (SSSR count). The van der Waals surface area contributed by atoms with E-state index >= 15 is 0 Å². The van der Waals surface area contributed by atoms with Crippen molar-refractivity contribution in [3.8, 4) is 22.5 Å². The Hall–Kier alpha value is -1.66. The number of nitrogen functional groups attached to an aromatic ring is 1. The quantitative estimate of drug-likeness (QED) is 0.626. The summed E-state index contributed by atoms with van der Waals surface area (Å²) in [5, 5.41) is 3.81. The molecule has 0 radical (unpaired) electrons. The molecule has 0 atom stereocenters. The number of anilines is 1. The molecule has 0 fully saturated rings. The average molecular weight is 412 g/mol. The highest BCUT2D eigenvalue weighted by Gasteiger charge is 2.20. The Bertz CT molecular complexity index is 817. The standard InChI is InChI=1S/C15H9Br2FN2O/c16-9-4-5-12(17)11(7-9)14-13(15(19)20-21-14)8-2-1-3-10(18)6-8/h1-7H,(H2,19,20). The first-order valence-electron chi connectivity index (χ1n) is 6.03. The number of rotatable bonds is 2. The summed E-state index contributed by atoms with van der Waals surface area (Å²) in [7, 11) is 0. The van der Waals surface area contributed by atoms with Crippen molar-refractivity contribution in [3.05, 3.63) is 57.2 Å². The Morgan fingerprint density at radius 1 is 1.10 bits per heavy atom. The van der Waals surface area contributed by atoms with Crippen molar-refractivity contribution < 1.29 is 8.91 Å². The van der Waals surface area contributed by atoms with Gasteiger partial charge in [0.1, 0.15) is 5.82 Å². The van der Waals surface area contributed by atoms with Gasteiger partial charge >= 0.3 is 0 Å². The molecule has 3 nitrogen and oxygen atoms in total. The maximum Gasteiger partial charge on any atom is 0.178 e. The van der Waals surface area contributed by atoms with Gasteiger partial charge in [-0.25, -0.2) is 4.39 Å². The Balaban J connectivity index is 2.24. The van der Waals surface area contributed by atoms with E-state index in [0.29, 0.717) is 16.9 Å². The van der Waals surface area contributed by atoms with Crippen LogP contribution in [0.2, 0.25) is 0 Å². The summed E-state index contributed by atoms with van der Waals surface area (Å²) in [5.74, 6) is 0.376. The minimum atomic E-state index is -0.340. The second-order valence-corrected chi connectivity index (χ2v) is 6.18. The molecular formula is C15H9Br2FN2O. The van der Waals surface area contributed by atoms with Gasteiger partial charge in [0.05, 0.1) is 5.56 Å². The third-order valence-corrected chi connectivity index (χ3v) is 4.19. The Labute approximate surface area is 137 Å². The fourth-order valence-electron chi connectivity index (χ4n) is 2.08. The smallest absolute Gasteiger partial charge is 0.178 e. The van der Waals surface area contributed by atoms with Crippen LogP contribution in [0, 0.1) is 5.82 Å². The maximum atomic E-state index is 13.5. The summed E-state index contributed by atoms with van der Waals surface area (Å²) in [6, 6.07) is 11.8. The van der Waals surface area contributed by atoms with Crippen molar-refractivity contribution in [3.63, 3.8) is 0 Å². The number of nitrogens with two attached hydrogens (primary N) is 1. The van der Waals surface area contributed by atoms with Crippen molar-refractivity contribution in [2.75, 3.05) is 5.73 Å². The molecule has 0 saturated heterocycles. The van der Waals surface area contributed by atoms with E-state index in [9.17, 15) is 4.39 Å². The largest absolute Gasteiger partial charge is 0.380 e. The van der Waals surface area contributed by atoms with E-state index < -0.39 is 0 Å². The number of hydrogen-bond acceptors (Lipinski definition) is 3. The summed E-state index contributed by atoms with van der Waals surface area (Å²) in [6.07, 6.45) is 0. The van der Waals surface area contributed by atoms with Gasteiger partial charge in [0, 0.05) is 14.5 Å². The van der Waals surface area contributed by atoms with Crippen molar-refractivity contribution in [2.45, 2.75) is 0 Å². The first-order valence-corrected chi connectivity index (χ1v) is 7.61. The van der Waals surface area contributed by atoms with Crippen LogP contribution in [0.4, 0.5) is 10.2 Å². The highest BCUT2D eigenvalue weighted by atomic mass is 79.9. The summed E-state index contributed by atoms with van der Waals surface area (Å²) in [5.41, 5.74) is 7.88. The first kappa shape index (κ1) is 14.3. The van der Waals surface area contributed by atoms with Gasteiger partial charge in [0.25, 0.3) is 0 Å². The molecule has 1 heterocycles. The van der Waals surface area contributed by atoms with Gasteiger partial charge in [-0.2, -0.15) is 0 Å². The lowest BCUT2D eigenvalue weighted by Crippen LogP contribution is -1.90. The molecule has 0 spiro atoms. The molecule has 0 aliphatic carbocycles. The van der Waals surface area contributed by atoms with Gasteiger partial charge in [-0.3, -0.25) is 0 Å². The third kappa shape index (κ3) is 2.73. The average Bonchev–Trinajstić information content (AvgIpc) is 2.83. The lowest BCUT2D eigenvalue weighted by molar-refractivity contribution is 0.436. The van der Waals surface area contributed by atoms with Gasteiger partial charge in [-0.1, -0.05) is 49.1 Å². The minimum absolute atomic E-state index is 0.225. The molecule has 1 aromatic heterocycles. The van der Waals surface area contributed by atoms with Crippen LogP contribution in [0.15, 0.2) is 55.9 Å². The topological polar surface area (TPSA) is 52.0 Å². The van der Waals surface area contributed by atoms with Crippen LogP contribution in [0.1, 0.15) is 0 Å². The highest BCUT2D eigenvalue weighted by molar-refractivity contribution is 9.11. The Morgan fingerprint density at radius 3 is 2.67 bits per heavy atom.